The van der Waals surface area contributed by atoms with Crippen LogP contribution >= 0.6 is 0 Å². The maximum atomic E-state index is 13.6. The highest BCUT2D eigenvalue weighted by Gasteiger charge is 2.19. The number of carbonyl (C=O) groups is 1. The van der Waals surface area contributed by atoms with Crippen molar-refractivity contribution in [3.63, 3.8) is 0 Å². The molecule has 3 nitrogen and oxygen atoms in total. The number of nitrogens with zero attached hydrogens (tertiary/aromatic N) is 1. The van der Waals surface area contributed by atoms with E-state index in [1.807, 2.05) is 0 Å². The molecule has 0 saturated carbocycles. The fraction of sp³-hybridized carbons (Fsp3) is 0.308. The van der Waals surface area contributed by atoms with Crippen LogP contribution in [0.3, 0.4) is 0 Å². The van der Waals surface area contributed by atoms with E-state index in [0.717, 1.165) is 0 Å². The summed E-state index contributed by atoms with van der Waals surface area (Å²) in [5.74, 6) is 1.05. The van der Waals surface area contributed by atoms with E-state index >= 15 is 0 Å². The SMILES string of the molecule is C#CCN(CC(=O)O)C(C)c1ccccc1F. The molecule has 0 amide bonds. The lowest BCUT2D eigenvalue weighted by molar-refractivity contribution is -0.138. The molecule has 1 aromatic rings. The van der Waals surface area contributed by atoms with Crippen LogP contribution in [0, 0.1) is 18.2 Å². The van der Waals surface area contributed by atoms with E-state index in [9.17, 15) is 9.18 Å². The maximum Gasteiger partial charge on any atom is 0.317 e. The van der Waals surface area contributed by atoms with E-state index in [2.05, 4.69) is 5.92 Å². The van der Waals surface area contributed by atoms with E-state index in [1.165, 1.54) is 11.0 Å². The van der Waals surface area contributed by atoms with Gasteiger partial charge in [-0.15, -0.1) is 6.42 Å². The molecule has 0 aliphatic carbocycles. The Morgan fingerprint density at radius 3 is 2.76 bits per heavy atom. The van der Waals surface area contributed by atoms with Crippen LogP contribution in [0.2, 0.25) is 0 Å². The Hall–Kier alpha value is -1.86. The summed E-state index contributed by atoms with van der Waals surface area (Å²) in [6, 6.07) is 5.91. The summed E-state index contributed by atoms with van der Waals surface area (Å²) >= 11 is 0. The smallest absolute Gasteiger partial charge is 0.317 e. The topological polar surface area (TPSA) is 40.5 Å². The van der Waals surface area contributed by atoms with E-state index in [0.29, 0.717) is 5.56 Å². The van der Waals surface area contributed by atoms with Crippen molar-refractivity contribution in [1.29, 1.82) is 0 Å². The van der Waals surface area contributed by atoms with Gasteiger partial charge in [-0.1, -0.05) is 24.1 Å². The fourth-order valence-corrected chi connectivity index (χ4v) is 1.63. The van der Waals surface area contributed by atoms with Crippen molar-refractivity contribution in [1.82, 2.24) is 4.90 Å². The van der Waals surface area contributed by atoms with Crippen LogP contribution in [0.4, 0.5) is 4.39 Å². The minimum atomic E-state index is -0.983. The molecular formula is C13H14FNO2. The summed E-state index contributed by atoms with van der Waals surface area (Å²) in [6.45, 7) is 1.69. The summed E-state index contributed by atoms with van der Waals surface area (Å²) in [7, 11) is 0. The molecule has 0 aromatic heterocycles. The van der Waals surface area contributed by atoms with E-state index in [1.54, 1.807) is 25.1 Å². The van der Waals surface area contributed by atoms with Gasteiger partial charge in [0.2, 0.25) is 0 Å². The predicted molar refractivity (Wildman–Crippen MR) is 62.9 cm³/mol. The van der Waals surface area contributed by atoms with Gasteiger partial charge in [-0.05, 0) is 13.0 Å². The third kappa shape index (κ3) is 3.58. The molecule has 0 fully saturated rings. The molecule has 0 heterocycles. The van der Waals surface area contributed by atoms with Gasteiger partial charge in [0.05, 0.1) is 13.1 Å². The van der Waals surface area contributed by atoms with Crippen molar-refractivity contribution in [3.05, 3.63) is 35.6 Å². The Bertz CT molecular complexity index is 439. The molecule has 0 bridgehead atoms. The second-order valence-corrected chi connectivity index (χ2v) is 3.70. The largest absolute Gasteiger partial charge is 0.480 e. The Morgan fingerprint density at radius 2 is 2.24 bits per heavy atom. The van der Waals surface area contributed by atoms with Gasteiger partial charge in [-0.3, -0.25) is 9.69 Å². The number of carboxylic acids is 1. The van der Waals surface area contributed by atoms with E-state index in [4.69, 9.17) is 11.5 Å². The van der Waals surface area contributed by atoms with Gasteiger partial charge < -0.3 is 5.11 Å². The normalized spacial score (nSPS) is 12.1. The summed E-state index contributed by atoms with van der Waals surface area (Å²) in [6.07, 6.45) is 5.18. The maximum absolute atomic E-state index is 13.6. The molecule has 1 aromatic carbocycles. The number of benzene rings is 1. The van der Waals surface area contributed by atoms with Crippen LogP contribution in [0.15, 0.2) is 24.3 Å². The third-order valence-electron chi connectivity index (χ3n) is 2.54. The first-order valence-corrected chi connectivity index (χ1v) is 5.20. The highest BCUT2D eigenvalue weighted by Crippen LogP contribution is 2.22. The van der Waals surface area contributed by atoms with Gasteiger partial charge in [0.1, 0.15) is 5.82 Å². The number of aliphatic carboxylic acids is 1. The quantitative estimate of drug-likeness (QED) is 0.792. The van der Waals surface area contributed by atoms with Crippen LogP contribution in [-0.2, 0) is 4.79 Å². The zero-order valence-electron chi connectivity index (χ0n) is 9.56. The van der Waals surface area contributed by atoms with Crippen molar-refractivity contribution in [2.24, 2.45) is 0 Å². The van der Waals surface area contributed by atoms with Gasteiger partial charge in [0.15, 0.2) is 0 Å². The first-order chi connectivity index (χ1) is 8.06. The molecule has 0 radical (unpaired) electrons. The monoisotopic (exact) mass is 235 g/mol. The van der Waals surface area contributed by atoms with Crippen molar-refractivity contribution in [3.8, 4) is 12.3 Å². The van der Waals surface area contributed by atoms with Crippen LogP contribution in [-0.4, -0.2) is 29.1 Å². The van der Waals surface area contributed by atoms with Crippen molar-refractivity contribution in [2.45, 2.75) is 13.0 Å². The Kier molecular flexibility index (Phi) is 4.68. The van der Waals surface area contributed by atoms with Crippen LogP contribution in [0.1, 0.15) is 18.5 Å². The molecule has 0 spiro atoms. The zero-order chi connectivity index (χ0) is 12.8. The molecule has 1 atom stereocenters. The van der Waals surface area contributed by atoms with Crippen molar-refractivity contribution in [2.75, 3.05) is 13.1 Å². The Labute approximate surface area is 99.9 Å². The van der Waals surface area contributed by atoms with Gasteiger partial charge in [0, 0.05) is 11.6 Å². The summed E-state index contributed by atoms with van der Waals surface area (Å²) in [4.78, 5) is 12.2. The molecule has 1 N–H and O–H groups in total. The average Bonchev–Trinajstić information content (AvgIpc) is 2.28. The van der Waals surface area contributed by atoms with E-state index < -0.39 is 5.97 Å². The van der Waals surface area contributed by atoms with Crippen LogP contribution < -0.4 is 0 Å². The standard InChI is InChI=1S/C13H14FNO2/c1-3-8-15(9-13(16)17)10(2)11-6-4-5-7-12(11)14/h1,4-7,10H,8-9H2,2H3,(H,16,17). The highest BCUT2D eigenvalue weighted by molar-refractivity contribution is 5.69. The lowest BCUT2D eigenvalue weighted by Gasteiger charge is -2.26. The molecule has 1 unspecified atom stereocenters. The molecule has 90 valence electrons. The van der Waals surface area contributed by atoms with Crippen LogP contribution in [0.25, 0.3) is 0 Å². The molecule has 4 heteroatoms. The first-order valence-electron chi connectivity index (χ1n) is 5.20. The molecule has 0 aliphatic rings. The van der Waals surface area contributed by atoms with Gasteiger partial charge >= 0.3 is 5.97 Å². The molecule has 1 rings (SSSR count). The number of hydrogen-bond acceptors (Lipinski definition) is 2. The zero-order valence-corrected chi connectivity index (χ0v) is 9.56. The number of carboxylic acid groups (broad SMARTS) is 1. The number of hydrogen-bond donors (Lipinski definition) is 1. The fourth-order valence-electron chi connectivity index (χ4n) is 1.63. The molecule has 0 aliphatic heterocycles. The number of terminal acetylenes is 1. The van der Waals surface area contributed by atoms with Crippen LogP contribution in [0.5, 0.6) is 0 Å². The Morgan fingerprint density at radius 1 is 1.59 bits per heavy atom. The minimum Gasteiger partial charge on any atom is -0.480 e. The summed E-state index contributed by atoms with van der Waals surface area (Å²) in [5.41, 5.74) is 0.448. The summed E-state index contributed by atoms with van der Waals surface area (Å²) in [5, 5.41) is 8.77. The predicted octanol–water partition coefficient (Wildman–Crippen LogP) is 1.91. The van der Waals surface area contributed by atoms with E-state index in [-0.39, 0.29) is 24.9 Å². The number of halogens is 1. The first kappa shape index (κ1) is 13.2. The average molecular weight is 235 g/mol. The van der Waals surface area contributed by atoms with Gasteiger partial charge in [-0.25, -0.2) is 4.39 Å². The summed E-state index contributed by atoms with van der Waals surface area (Å²) < 4.78 is 13.6. The Balaban J connectivity index is 2.92. The minimum absolute atomic E-state index is 0.168. The van der Waals surface area contributed by atoms with Crippen molar-refractivity contribution < 1.29 is 14.3 Å². The molecule has 0 saturated heterocycles. The second-order valence-electron chi connectivity index (χ2n) is 3.70. The second kappa shape index (κ2) is 6.02. The van der Waals surface area contributed by atoms with Gasteiger partial charge in [-0.2, -0.15) is 0 Å². The number of rotatable bonds is 5. The lowest BCUT2D eigenvalue weighted by Crippen LogP contribution is -2.33. The molecular weight excluding hydrogens is 221 g/mol. The lowest BCUT2D eigenvalue weighted by atomic mass is 10.1. The van der Waals surface area contributed by atoms with Crippen molar-refractivity contribution >= 4 is 5.97 Å². The third-order valence-corrected chi connectivity index (χ3v) is 2.54. The molecule has 17 heavy (non-hydrogen) atoms. The van der Waals surface area contributed by atoms with Gasteiger partial charge in [0.25, 0.3) is 0 Å². The highest BCUT2D eigenvalue weighted by atomic mass is 19.1.